The summed E-state index contributed by atoms with van der Waals surface area (Å²) >= 11 is 0. The molecule has 4 aliphatic carbocycles. The lowest BCUT2D eigenvalue weighted by Gasteiger charge is -2.62. The van der Waals surface area contributed by atoms with E-state index in [2.05, 4.69) is 41.5 Å². The molecular weight excluding hydrogens is 488 g/mol. The molecule has 0 aromatic rings. The number of carbonyl (C=O) groups is 2. The van der Waals surface area contributed by atoms with Crippen LogP contribution in [0.25, 0.3) is 0 Å². The molecule has 0 heterocycles. The first kappa shape index (κ1) is 30.3. The zero-order chi connectivity index (χ0) is 29.0. The van der Waals surface area contributed by atoms with Crippen LogP contribution in [0.15, 0.2) is 22.8 Å². The standard InChI is InChI=1S/C34H54O5/c1-21(20-35)10-12-28(38-23(3)36)22(2)25-14-18-34(9)27-11-13-29-31(5,6)30(39-24(4)37)16-17-32(29,7)26(27)15-19-33(25,34)8/h10,22,25,28-30,35H,11-20H2,1-9H3/b21-10+/t22-,25+,28-,29?,30-,32+,33+,34-/m0/s1. The number of rotatable bonds is 7. The molecule has 0 radical (unpaired) electrons. The number of fused-ring (bicyclic) bond motifs is 4. The molecule has 4 rings (SSSR count). The topological polar surface area (TPSA) is 72.8 Å². The van der Waals surface area contributed by atoms with E-state index in [4.69, 9.17) is 9.47 Å². The first-order chi connectivity index (χ1) is 18.1. The van der Waals surface area contributed by atoms with Crippen LogP contribution in [-0.2, 0) is 19.1 Å². The molecule has 0 aliphatic heterocycles. The van der Waals surface area contributed by atoms with Crippen molar-refractivity contribution < 1.29 is 24.2 Å². The van der Waals surface area contributed by atoms with Crippen LogP contribution < -0.4 is 0 Å². The third-order valence-corrected chi connectivity index (χ3v) is 12.5. The Labute approximate surface area is 237 Å². The summed E-state index contributed by atoms with van der Waals surface area (Å²) in [5.41, 5.74) is 4.81. The minimum absolute atomic E-state index is 0.00175. The number of carbonyl (C=O) groups excluding carboxylic acids is 2. The Bertz CT molecular complexity index is 1040. The van der Waals surface area contributed by atoms with Crippen molar-refractivity contribution >= 4 is 11.9 Å². The summed E-state index contributed by atoms with van der Waals surface area (Å²) in [5.74, 6) is 0.857. The van der Waals surface area contributed by atoms with Crippen LogP contribution in [0.4, 0.5) is 0 Å². The Kier molecular flexibility index (Phi) is 8.29. The molecule has 2 saturated carbocycles. The molecule has 0 bridgehead atoms. The van der Waals surface area contributed by atoms with Crippen LogP contribution in [0.5, 0.6) is 0 Å². The summed E-state index contributed by atoms with van der Waals surface area (Å²) in [6.07, 6.45) is 11.5. The highest BCUT2D eigenvalue weighted by Crippen LogP contribution is 2.72. The fourth-order valence-electron chi connectivity index (χ4n) is 10.2. The molecule has 8 atom stereocenters. The second-order valence-corrected chi connectivity index (χ2v) is 14.8. The summed E-state index contributed by atoms with van der Waals surface area (Å²) in [4.78, 5) is 24.0. The van der Waals surface area contributed by atoms with E-state index in [1.54, 1.807) is 18.1 Å². The Balaban J connectivity index is 1.65. The molecule has 220 valence electrons. The molecular formula is C34H54O5. The van der Waals surface area contributed by atoms with Crippen molar-refractivity contribution in [3.8, 4) is 0 Å². The van der Waals surface area contributed by atoms with Gasteiger partial charge in [-0.1, -0.05) is 64.3 Å². The number of esters is 2. The van der Waals surface area contributed by atoms with Crippen LogP contribution in [0.2, 0.25) is 0 Å². The molecule has 0 saturated heterocycles. The Morgan fingerprint density at radius 2 is 1.64 bits per heavy atom. The van der Waals surface area contributed by atoms with Crippen LogP contribution >= 0.6 is 0 Å². The highest BCUT2D eigenvalue weighted by Gasteiger charge is 2.64. The van der Waals surface area contributed by atoms with Gasteiger partial charge in [0.05, 0.1) is 6.61 Å². The van der Waals surface area contributed by atoms with Gasteiger partial charge in [0.15, 0.2) is 0 Å². The Hall–Kier alpha value is -1.62. The quantitative estimate of drug-likeness (QED) is 0.265. The summed E-state index contributed by atoms with van der Waals surface area (Å²) in [6, 6.07) is 0. The third-order valence-electron chi connectivity index (χ3n) is 12.5. The van der Waals surface area contributed by atoms with E-state index in [-0.39, 0.29) is 58.3 Å². The molecule has 1 unspecified atom stereocenters. The summed E-state index contributed by atoms with van der Waals surface area (Å²) in [7, 11) is 0. The summed E-state index contributed by atoms with van der Waals surface area (Å²) in [6.45, 7) is 19.6. The maximum Gasteiger partial charge on any atom is 0.302 e. The van der Waals surface area contributed by atoms with Crippen molar-refractivity contribution in [2.24, 2.45) is 39.4 Å². The van der Waals surface area contributed by atoms with Crippen molar-refractivity contribution in [1.29, 1.82) is 0 Å². The zero-order valence-electron chi connectivity index (χ0n) is 26.1. The van der Waals surface area contributed by atoms with Gasteiger partial charge in [-0.05, 0) is 92.3 Å². The van der Waals surface area contributed by atoms with E-state index in [0.29, 0.717) is 18.3 Å². The first-order valence-corrected chi connectivity index (χ1v) is 15.5. The molecule has 5 nitrogen and oxygen atoms in total. The van der Waals surface area contributed by atoms with E-state index in [9.17, 15) is 14.7 Å². The van der Waals surface area contributed by atoms with Gasteiger partial charge in [0.2, 0.25) is 0 Å². The molecule has 0 spiro atoms. The second kappa shape index (κ2) is 10.7. The van der Waals surface area contributed by atoms with Gasteiger partial charge in [0.25, 0.3) is 0 Å². The lowest BCUT2D eigenvalue weighted by Crippen LogP contribution is -2.56. The number of aliphatic hydroxyl groups is 1. The second-order valence-electron chi connectivity index (χ2n) is 14.8. The molecule has 1 N–H and O–H groups in total. The van der Waals surface area contributed by atoms with Gasteiger partial charge in [0, 0.05) is 25.7 Å². The minimum atomic E-state index is -0.223. The SMILES string of the molecule is CC(=O)O[C@@H](C/C=C(\C)CO)[C@@H](C)[C@H]1CC[C@@]2(C)C3=C(CC[C@]12C)[C@@]1(C)CC[C@H](OC(C)=O)C(C)(C)C1CC3. The van der Waals surface area contributed by atoms with E-state index in [0.717, 1.165) is 44.1 Å². The van der Waals surface area contributed by atoms with Crippen molar-refractivity contribution in [3.05, 3.63) is 22.8 Å². The average Bonchev–Trinajstić information content (AvgIpc) is 3.13. The first-order valence-electron chi connectivity index (χ1n) is 15.5. The smallest absolute Gasteiger partial charge is 0.302 e. The predicted octanol–water partition coefficient (Wildman–Crippen LogP) is 7.56. The van der Waals surface area contributed by atoms with E-state index in [1.807, 2.05) is 13.0 Å². The normalized spacial score (nSPS) is 39.2. The minimum Gasteiger partial charge on any atom is -0.462 e. The average molecular weight is 543 g/mol. The fourth-order valence-corrected chi connectivity index (χ4v) is 10.2. The number of ether oxygens (including phenoxy) is 2. The van der Waals surface area contributed by atoms with Gasteiger partial charge in [-0.2, -0.15) is 0 Å². The highest BCUT2D eigenvalue weighted by molar-refractivity contribution is 5.66. The number of allylic oxidation sites excluding steroid dienone is 2. The van der Waals surface area contributed by atoms with E-state index >= 15 is 0 Å². The summed E-state index contributed by atoms with van der Waals surface area (Å²) < 4.78 is 11.8. The predicted molar refractivity (Wildman–Crippen MR) is 155 cm³/mol. The Morgan fingerprint density at radius 1 is 0.949 bits per heavy atom. The van der Waals surface area contributed by atoms with E-state index < -0.39 is 0 Å². The van der Waals surface area contributed by atoms with E-state index in [1.165, 1.54) is 19.8 Å². The van der Waals surface area contributed by atoms with Gasteiger partial charge in [0.1, 0.15) is 12.2 Å². The maximum absolute atomic E-state index is 12.1. The van der Waals surface area contributed by atoms with Crippen LogP contribution in [-0.4, -0.2) is 35.9 Å². The van der Waals surface area contributed by atoms with Crippen molar-refractivity contribution in [3.63, 3.8) is 0 Å². The van der Waals surface area contributed by atoms with Gasteiger partial charge < -0.3 is 14.6 Å². The molecule has 5 heteroatoms. The van der Waals surface area contributed by atoms with Crippen LogP contribution in [0.1, 0.15) is 120 Å². The monoisotopic (exact) mass is 542 g/mol. The van der Waals surface area contributed by atoms with Crippen molar-refractivity contribution in [2.45, 2.75) is 132 Å². The van der Waals surface area contributed by atoms with Crippen LogP contribution in [0.3, 0.4) is 0 Å². The molecule has 0 amide bonds. The maximum atomic E-state index is 12.1. The van der Waals surface area contributed by atoms with Gasteiger partial charge in [-0.25, -0.2) is 0 Å². The largest absolute Gasteiger partial charge is 0.462 e. The molecule has 0 aromatic heterocycles. The Morgan fingerprint density at radius 3 is 2.26 bits per heavy atom. The van der Waals surface area contributed by atoms with Crippen molar-refractivity contribution in [1.82, 2.24) is 0 Å². The lowest BCUT2D eigenvalue weighted by atomic mass is 9.43. The van der Waals surface area contributed by atoms with Gasteiger partial charge in [-0.3, -0.25) is 9.59 Å². The zero-order valence-corrected chi connectivity index (χ0v) is 26.1. The summed E-state index contributed by atoms with van der Waals surface area (Å²) in [5, 5.41) is 9.50. The number of hydrogen-bond acceptors (Lipinski definition) is 5. The third kappa shape index (κ3) is 4.93. The number of hydrogen-bond donors (Lipinski definition) is 1. The van der Waals surface area contributed by atoms with Gasteiger partial charge >= 0.3 is 11.9 Å². The van der Waals surface area contributed by atoms with Crippen molar-refractivity contribution in [2.75, 3.05) is 6.61 Å². The lowest BCUT2D eigenvalue weighted by molar-refractivity contribution is -0.167. The highest BCUT2D eigenvalue weighted by atomic mass is 16.5. The molecule has 39 heavy (non-hydrogen) atoms. The van der Waals surface area contributed by atoms with Gasteiger partial charge in [-0.15, -0.1) is 0 Å². The fraction of sp³-hybridized carbons (Fsp3) is 0.824. The molecule has 4 aliphatic rings. The molecule has 2 fully saturated rings. The number of aliphatic hydroxyl groups excluding tert-OH is 1. The molecule has 0 aromatic carbocycles. The van der Waals surface area contributed by atoms with Crippen LogP contribution in [0, 0.1) is 39.4 Å².